The van der Waals surface area contributed by atoms with Crippen molar-refractivity contribution in [1.82, 2.24) is 24.1 Å². The molecule has 0 spiro atoms. The molecule has 0 saturated carbocycles. The first-order valence-electron chi connectivity index (χ1n) is 6.55. The zero-order valence-corrected chi connectivity index (χ0v) is 12.0. The number of sulfonamides is 1. The van der Waals surface area contributed by atoms with Crippen molar-refractivity contribution in [3.63, 3.8) is 0 Å². The number of aryl methyl sites for hydroxylation is 1. The Morgan fingerprint density at radius 1 is 1.35 bits per heavy atom. The van der Waals surface area contributed by atoms with Gasteiger partial charge >= 0.3 is 0 Å². The summed E-state index contributed by atoms with van der Waals surface area (Å²) in [4.78, 5) is 3.95. The lowest BCUT2D eigenvalue weighted by Crippen LogP contribution is -2.38. The van der Waals surface area contributed by atoms with Crippen molar-refractivity contribution in [3.05, 3.63) is 30.5 Å². The van der Waals surface area contributed by atoms with E-state index in [1.54, 1.807) is 17.8 Å². The summed E-state index contributed by atoms with van der Waals surface area (Å²) in [5, 5.41) is 7.03. The van der Waals surface area contributed by atoms with Crippen molar-refractivity contribution >= 4 is 10.0 Å². The van der Waals surface area contributed by atoms with E-state index < -0.39 is 10.0 Å². The number of hydrogen-bond donors (Lipinski definition) is 1. The van der Waals surface area contributed by atoms with E-state index in [0.717, 1.165) is 18.5 Å². The third-order valence-corrected chi connectivity index (χ3v) is 5.49. The van der Waals surface area contributed by atoms with Gasteiger partial charge in [-0.3, -0.25) is 5.10 Å². The molecule has 8 heteroatoms. The molecule has 1 saturated heterocycles. The van der Waals surface area contributed by atoms with Gasteiger partial charge in [0, 0.05) is 44.1 Å². The smallest absolute Gasteiger partial charge is 0.262 e. The standard InChI is InChI=1S/C12H17N5O2S/c1-16-8-12(13-9-16)20(18,19)17-6-3-10(4-7-17)11-2-5-14-15-11/h2,5,8-10H,3-4,6-7H2,1H3,(H,14,15). The fourth-order valence-electron chi connectivity index (χ4n) is 2.56. The van der Waals surface area contributed by atoms with Crippen LogP contribution < -0.4 is 0 Å². The number of nitrogens with one attached hydrogen (secondary N) is 1. The zero-order chi connectivity index (χ0) is 14.2. The molecular weight excluding hydrogens is 278 g/mol. The molecule has 0 bridgehead atoms. The molecule has 20 heavy (non-hydrogen) atoms. The normalized spacial score (nSPS) is 18.4. The van der Waals surface area contributed by atoms with Crippen LogP contribution in [0.25, 0.3) is 0 Å². The Morgan fingerprint density at radius 2 is 2.10 bits per heavy atom. The summed E-state index contributed by atoms with van der Waals surface area (Å²) >= 11 is 0. The van der Waals surface area contributed by atoms with Gasteiger partial charge in [0.1, 0.15) is 0 Å². The summed E-state index contributed by atoms with van der Waals surface area (Å²) in [6.07, 6.45) is 6.37. The lowest BCUT2D eigenvalue weighted by molar-refractivity contribution is 0.316. The fourth-order valence-corrected chi connectivity index (χ4v) is 3.99. The molecule has 3 heterocycles. The number of aromatic nitrogens is 4. The highest BCUT2D eigenvalue weighted by Crippen LogP contribution is 2.28. The van der Waals surface area contributed by atoms with Crippen LogP contribution in [0, 0.1) is 0 Å². The summed E-state index contributed by atoms with van der Waals surface area (Å²) in [5.74, 6) is 0.354. The van der Waals surface area contributed by atoms with Crippen LogP contribution in [0.2, 0.25) is 0 Å². The maximum atomic E-state index is 12.4. The Morgan fingerprint density at radius 3 is 2.65 bits per heavy atom. The largest absolute Gasteiger partial charge is 0.339 e. The minimum atomic E-state index is -3.46. The van der Waals surface area contributed by atoms with E-state index in [1.807, 2.05) is 6.07 Å². The molecule has 2 aromatic rings. The first-order chi connectivity index (χ1) is 9.57. The molecular formula is C12H17N5O2S. The Balaban J connectivity index is 1.72. The predicted octanol–water partition coefficient (Wildman–Crippen LogP) is 0.711. The Bertz CT molecular complexity index is 669. The minimum absolute atomic E-state index is 0.125. The van der Waals surface area contributed by atoms with Crippen molar-refractivity contribution in [3.8, 4) is 0 Å². The van der Waals surface area contributed by atoms with Crippen LogP contribution in [-0.2, 0) is 17.1 Å². The van der Waals surface area contributed by atoms with Crippen molar-refractivity contribution in [2.75, 3.05) is 13.1 Å². The monoisotopic (exact) mass is 295 g/mol. The van der Waals surface area contributed by atoms with Crippen LogP contribution in [0.4, 0.5) is 0 Å². The van der Waals surface area contributed by atoms with E-state index in [0.29, 0.717) is 19.0 Å². The molecule has 0 amide bonds. The average Bonchev–Trinajstić information content (AvgIpc) is 3.10. The molecule has 2 aromatic heterocycles. The van der Waals surface area contributed by atoms with Crippen LogP contribution in [0.1, 0.15) is 24.5 Å². The first-order valence-corrected chi connectivity index (χ1v) is 7.99. The van der Waals surface area contributed by atoms with Crippen molar-refractivity contribution in [2.24, 2.45) is 7.05 Å². The van der Waals surface area contributed by atoms with E-state index in [4.69, 9.17) is 0 Å². The van der Waals surface area contributed by atoms with Crippen LogP contribution >= 0.6 is 0 Å². The molecule has 108 valence electrons. The SMILES string of the molecule is Cn1cnc(S(=O)(=O)N2CCC(c3ccn[nH]3)CC2)c1. The molecule has 0 aliphatic carbocycles. The van der Waals surface area contributed by atoms with E-state index in [-0.39, 0.29) is 5.03 Å². The van der Waals surface area contributed by atoms with Crippen molar-refractivity contribution in [2.45, 2.75) is 23.8 Å². The molecule has 1 aliphatic heterocycles. The molecule has 0 unspecified atom stereocenters. The van der Waals surface area contributed by atoms with Gasteiger partial charge in [-0.1, -0.05) is 0 Å². The van der Waals surface area contributed by atoms with Gasteiger partial charge in [0.05, 0.1) is 6.33 Å². The number of nitrogens with zero attached hydrogens (tertiary/aromatic N) is 4. The minimum Gasteiger partial charge on any atom is -0.339 e. The van der Waals surface area contributed by atoms with E-state index in [2.05, 4.69) is 15.2 Å². The molecule has 1 aliphatic rings. The number of aromatic amines is 1. The molecule has 0 aromatic carbocycles. The topological polar surface area (TPSA) is 83.9 Å². The lowest BCUT2D eigenvalue weighted by atomic mass is 9.95. The van der Waals surface area contributed by atoms with Gasteiger partial charge in [-0.05, 0) is 18.9 Å². The molecule has 1 N–H and O–H groups in total. The average molecular weight is 295 g/mol. The highest BCUT2D eigenvalue weighted by atomic mass is 32.2. The van der Waals surface area contributed by atoms with Gasteiger partial charge in [0.2, 0.25) is 0 Å². The third-order valence-electron chi connectivity index (χ3n) is 3.70. The van der Waals surface area contributed by atoms with Gasteiger partial charge in [-0.15, -0.1) is 0 Å². The van der Waals surface area contributed by atoms with Gasteiger partial charge in [-0.2, -0.15) is 9.40 Å². The zero-order valence-electron chi connectivity index (χ0n) is 11.2. The van der Waals surface area contributed by atoms with Crippen molar-refractivity contribution < 1.29 is 8.42 Å². The Labute approximate surface area is 117 Å². The second-order valence-corrected chi connectivity index (χ2v) is 6.95. The van der Waals surface area contributed by atoms with E-state index in [9.17, 15) is 8.42 Å². The first kappa shape index (κ1) is 13.3. The highest BCUT2D eigenvalue weighted by molar-refractivity contribution is 7.89. The second kappa shape index (κ2) is 5.02. The molecule has 7 nitrogen and oxygen atoms in total. The lowest BCUT2D eigenvalue weighted by Gasteiger charge is -2.29. The van der Waals surface area contributed by atoms with Crippen LogP contribution in [0.5, 0.6) is 0 Å². The summed E-state index contributed by atoms with van der Waals surface area (Å²) in [5.41, 5.74) is 1.08. The number of rotatable bonds is 3. The molecule has 1 fully saturated rings. The number of piperidine rings is 1. The van der Waals surface area contributed by atoms with Gasteiger partial charge in [0.25, 0.3) is 10.0 Å². The number of hydrogen-bond acceptors (Lipinski definition) is 4. The second-order valence-electron chi connectivity index (χ2n) is 5.07. The number of imidazole rings is 1. The summed E-state index contributed by atoms with van der Waals surface area (Å²) in [6, 6.07) is 1.95. The van der Waals surface area contributed by atoms with Crippen LogP contribution in [0.3, 0.4) is 0 Å². The highest BCUT2D eigenvalue weighted by Gasteiger charge is 2.31. The number of H-pyrrole nitrogens is 1. The molecule has 3 rings (SSSR count). The van der Waals surface area contributed by atoms with Gasteiger partial charge in [-0.25, -0.2) is 13.4 Å². The molecule has 0 radical (unpaired) electrons. The predicted molar refractivity (Wildman–Crippen MR) is 72.5 cm³/mol. The Hall–Kier alpha value is -1.67. The summed E-state index contributed by atoms with van der Waals surface area (Å²) in [7, 11) is -1.70. The maximum absolute atomic E-state index is 12.4. The van der Waals surface area contributed by atoms with Crippen molar-refractivity contribution in [1.29, 1.82) is 0 Å². The molecule has 0 atom stereocenters. The van der Waals surface area contributed by atoms with Crippen LogP contribution in [-0.4, -0.2) is 45.6 Å². The maximum Gasteiger partial charge on any atom is 0.262 e. The van der Waals surface area contributed by atoms with E-state index >= 15 is 0 Å². The third kappa shape index (κ3) is 2.36. The summed E-state index contributed by atoms with van der Waals surface area (Å²) in [6.45, 7) is 1.03. The van der Waals surface area contributed by atoms with Gasteiger partial charge in [0.15, 0.2) is 5.03 Å². The van der Waals surface area contributed by atoms with E-state index in [1.165, 1.54) is 16.8 Å². The van der Waals surface area contributed by atoms with Crippen LogP contribution in [0.15, 0.2) is 29.8 Å². The van der Waals surface area contributed by atoms with Gasteiger partial charge < -0.3 is 4.57 Å². The fraction of sp³-hybridized carbons (Fsp3) is 0.500. The Kier molecular flexibility index (Phi) is 3.35. The quantitative estimate of drug-likeness (QED) is 0.904. The summed E-state index contributed by atoms with van der Waals surface area (Å²) < 4.78 is 28.0.